The Morgan fingerprint density at radius 1 is 1.20 bits per heavy atom. The molecule has 3 rings (SSSR count). The fourth-order valence-corrected chi connectivity index (χ4v) is 3.46. The van der Waals surface area contributed by atoms with E-state index in [2.05, 4.69) is 15.4 Å². The molecule has 0 bridgehead atoms. The standard InChI is InChI=1S/C16H18F3N3O3/c17-16(18,19)25-12-5-3-11(4-6-12)21-14(24)22-10-2-8-15(22)7-1-9-20-13(15)23/h3-6H,1-2,7-10H2,(H,20,23)(H,21,24). The Balaban J connectivity index is 1.68. The monoisotopic (exact) mass is 357 g/mol. The maximum Gasteiger partial charge on any atom is 0.573 e. The third kappa shape index (κ3) is 3.64. The SMILES string of the molecule is O=C(Nc1ccc(OC(F)(F)F)cc1)N1CCCC12CCCNC2=O. The van der Waals surface area contributed by atoms with E-state index in [9.17, 15) is 22.8 Å². The van der Waals surface area contributed by atoms with Gasteiger partial charge in [-0.3, -0.25) is 4.79 Å². The summed E-state index contributed by atoms with van der Waals surface area (Å²) in [6.45, 7) is 1.07. The molecule has 2 N–H and O–H groups in total. The molecule has 0 aliphatic carbocycles. The van der Waals surface area contributed by atoms with Gasteiger partial charge in [-0.15, -0.1) is 13.2 Å². The maximum atomic E-state index is 12.6. The van der Waals surface area contributed by atoms with Gasteiger partial charge in [-0.2, -0.15) is 0 Å². The molecule has 25 heavy (non-hydrogen) atoms. The summed E-state index contributed by atoms with van der Waals surface area (Å²) in [6.07, 6.45) is -1.99. The largest absolute Gasteiger partial charge is 0.573 e. The lowest BCUT2D eigenvalue weighted by molar-refractivity contribution is -0.274. The first-order valence-corrected chi connectivity index (χ1v) is 8.03. The number of hydrogen-bond acceptors (Lipinski definition) is 3. The molecule has 9 heteroatoms. The Kier molecular flexibility index (Phi) is 4.49. The number of carbonyl (C=O) groups excluding carboxylic acids is 2. The summed E-state index contributed by atoms with van der Waals surface area (Å²) in [7, 11) is 0. The molecule has 2 saturated heterocycles. The van der Waals surface area contributed by atoms with E-state index in [1.54, 1.807) is 0 Å². The first-order chi connectivity index (χ1) is 11.8. The molecule has 1 aromatic rings. The number of likely N-dealkylation sites (tertiary alicyclic amines) is 1. The minimum absolute atomic E-state index is 0.139. The summed E-state index contributed by atoms with van der Waals surface area (Å²) < 4.78 is 40.3. The van der Waals surface area contributed by atoms with E-state index in [0.29, 0.717) is 31.6 Å². The Hall–Kier alpha value is -2.45. The highest BCUT2D eigenvalue weighted by atomic mass is 19.4. The van der Waals surface area contributed by atoms with Gasteiger partial charge >= 0.3 is 12.4 Å². The highest BCUT2D eigenvalue weighted by Crippen LogP contribution is 2.36. The van der Waals surface area contributed by atoms with Crippen molar-refractivity contribution in [1.82, 2.24) is 10.2 Å². The maximum absolute atomic E-state index is 12.6. The van der Waals surface area contributed by atoms with Gasteiger partial charge in [0.2, 0.25) is 5.91 Å². The number of piperidine rings is 1. The lowest BCUT2D eigenvalue weighted by atomic mass is 9.86. The molecule has 2 fully saturated rings. The zero-order valence-corrected chi connectivity index (χ0v) is 13.4. The van der Waals surface area contributed by atoms with Crippen molar-refractivity contribution in [3.8, 4) is 5.75 Å². The number of urea groups is 1. The van der Waals surface area contributed by atoms with Gasteiger partial charge in [0.1, 0.15) is 11.3 Å². The van der Waals surface area contributed by atoms with Crippen molar-refractivity contribution in [3.63, 3.8) is 0 Å². The molecular formula is C16H18F3N3O3. The molecule has 6 nitrogen and oxygen atoms in total. The zero-order chi connectivity index (χ0) is 18.1. The average molecular weight is 357 g/mol. The molecule has 2 aliphatic heterocycles. The molecule has 0 aromatic heterocycles. The van der Waals surface area contributed by atoms with E-state index in [1.807, 2.05) is 0 Å². The van der Waals surface area contributed by atoms with Crippen molar-refractivity contribution in [2.24, 2.45) is 0 Å². The highest BCUT2D eigenvalue weighted by molar-refractivity contribution is 5.97. The third-order valence-electron chi connectivity index (χ3n) is 4.55. The van der Waals surface area contributed by atoms with Crippen LogP contribution in [0.4, 0.5) is 23.7 Å². The molecule has 1 spiro atoms. The van der Waals surface area contributed by atoms with Crippen LogP contribution >= 0.6 is 0 Å². The summed E-state index contributed by atoms with van der Waals surface area (Å²) in [5.41, 5.74) is -0.486. The van der Waals surface area contributed by atoms with Gasteiger partial charge in [-0.05, 0) is 49.9 Å². The van der Waals surface area contributed by atoms with Crippen molar-refractivity contribution in [3.05, 3.63) is 24.3 Å². The van der Waals surface area contributed by atoms with Crippen LogP contribution in [0.5, 0.6) is 5.75 Å². The van der Waals surface area contributed by atoms with Crippen molar-refractivity contribution < 1.29 is 27.5 Å². The van der Waals surface area contributed by atoms with Crippen LogP contribution in [0.3, 0.4) is 0 Å². The van der Waals surface area contributed by atoms with Gasteiger partial charge in [0.05, 0.1) is 0 Å². The minimum Gasteiger partial charge on any atom is -0.406 e. The van der Waals surface area contributed by atoms with Crippen molar-refractivity contribution in [2.45, 2.75) is 37.6 Å². The molecule has 0 saturated carbocycles. The zero-order valence-electron chi connectivity index (χ0n) is 13.4. The quantitative estimate of drug-likeness (QED) is 0.855. The van der Waals surface area contributed by atoms with Crippen molar-refractivity contribution >= 4 is 17.6 Å². The van der Waals surface area contributed by atoms with Crippen LogP contribution in [0.1, 0.15) is 25.7 Å². The van der Waals surface area contributed by atoms with E-state index in [0.717, 1.165) is 25.0 Å². The van der Waals surface area contributed by atoms with Crippen LogP contribution in [0, 0.1) is 0 Å². The number of alkyl halides is 3. The molecular weight excluding hydrogens is 339 g/mol. The van der Waals surface area contributed by atoms with Crippen LogP contribution in [-0.4, -0.2) is 41.8 Å². The normalized spacial score (nSPS) is 23.5. The number of ether oxygens (including phenoxy) is 1. The second-order valence-electron chi connectivity index (χ2n) is 6.15. The fourth-order valence-electron chi connectivity index (χ4n) is 3.46. The molecule has 136 valence electrons. The number of hydrogen-bond donors (Lipinski definition) is 2. The predicted octanol–water partition coefficient (Wildman–Crippen LogP) is 2.86. The van der Waals surface area contributed by atoms with Gasteiger partial charge < -0.3 is 20.3 Å². The second kappa shape index (κ2) is 6.45. The number of halogens is 3. The van der Waals surface area contributed by atoms with Gasteiger partial charge in [-0.1, -0.05) is 0 Å². The van der Waals surface area contributed by atoms with E-state index in [4.69, 9.17) is 0 Å². The summed E-state index contributed by atoms with van der Waals surface area (Å²) >= 11 is 0. The molecule has 1 unspecified atom stereocenters. The van der Waals surface area contributed by atoms with E-state index >= 15 is 0 Å². The lowest BCUT2D eigenvalue weighted by Gasteiger charge is -2.39. The van der Waals surface area contributed by atoms with Gasteiger partial charge in [0, 0.05) is 18.8 Å². The van der Waals surface area contributed by atoms with E-state index < -0.39 is 17.9 Å². The number of anilines is 1. The third-order valence-corrected chi connectivity index (χ3v) is 4.55. The number of rotatable bonds is 2. The number of nitrogens with zero attached hydrogens (tertiary/aromatic N) is 1. The lowest BCUT2D eigenvalue weighted by Crippen LogP contribution is -2.60. The smallest absolute Gasteiger partial charge is 0.406 e. The average Bonchev–Trinajstić information content (AvgIpc) is 2.96. The summed E-state index contributed by atoms with van der Waals surface area (Å²) in [4.78, 5) is 26.4. The fraction of sp³-hybridized carbons (Fsp3) is 0.500. The molecule has 1 atom stereocenters. The molecule has 2 heterocycles. The van der Waals surface area contributed by atoms with Crippen molar-refractivity contribution in [1.29, 1.82) is 0 Å². The second-order valence-corrected chi connectivity index (χ2v) is 6.15. The highest BCUT2D eigenvalue weighted by Gasteiger charge is 2.50. The Labute approximate surface area is 142 Å². The first-order valence-electron chi connectivity index (χ1n) is 8.03. The summed E-state index contributed by atoms with van der Waals surface area (Å²) in [6, 6.07) is 4.46. The molecule has 3 amide bonds. The Bertz CT molecular complexity index is 663. The Morgan fingerprint density at radius 2 is 1.88 bits per heavy atom. The van der Waals surface area contributed by atoms with Crippen LogP contribution in [0.2, 0.25) is 0 Å². The minimum atomic E-state index is -4.76. The number of carbonyl (C=O) groups is 2. The molecule has 1 aromatic carbocycles. The number of amides is 3. The number of benzene rings is 1. The van der Waals surface area contributed by atoms with Crippen LogP contribution in [0.15, 0.2) is 24.3 Å². The Morgan fingerprint density at radius 3 is 2.52 bits per heavy atom. The number of nitrogens with one attached hydrogen (secondary N) is 2. The van der Waals surface area contributed by atoms with Gasteiger partial charge in [0.15, 0.2) is 0 Å². The first kappa shape index (κ1) is 17.4. The van der Waals surface area contributed by atoms with Crippen molar-refractivity contribution in [2.75, 3.05) is 18.4 Å². The van der Waals surface area contributed by atoms with E-state index in [-0.39, 0.29) is 11.7 Å². The predicted molar refractivity (Wildman–Crippen MR) is 83.1 cm³/mol. The summed E-state index contributed by atoms with van der Waals surface area (Å²) in [5, 5.41) is 5.45. The van der Waals surface area contributed by atoms with E-state index in [1.165, 1.54) is 17.0 Å². The van der Waals surface area contributed by atoms with Crippen LogP contribution < -0.4 is 15.4 Å². The summed E-state index contributed by atoms with van der Waals surface area (Å²) in [5.74, 6) is -0.505. The van der Waals surface area contributed by atoms with Crippen LogP contribution in [-0.2, 0) is 4.79 Å². The molecule has 0 radical (unpaired) electrons. The van der Waals surface area contributed by atoms with Crippen LogP contribution in [0.25, 0.3) is 0 Å². The van der Waals surface area contributed by atoms with Gasteiger partial charge in [-0.25, -0.2) is 4.79 Å². The topological polar surface area (TPSA) is 70.7 Å². The molecule has 2 aliphatic rings. The van der Waals surface area contributed by atoms with Gasteiger partial charge in [0.25, 0.3) is 0 Å².